The number of benzene rings is 1. The summed E-state index contributed by atoms with van der Waals surface area (Å²) in [6.45, 7) is 6.82. The largest absolute Gasteiger partial charge is 0.393 e. The molecular formula is C20H26N4OS. The number of fused-ring (bicyclic) bond motifs is 2. The van der Waals surface area contributed by atoms with Gasteiger partial charge in [-0.05, 0) is 45.5 Å². The first-order valence-electron chi connectivity index (χ1n) is 9.20. The van der Waals surface area contributed by atoms with Crippen LogP contribution in [0.15, 0.2) is 35.3 Å². The van der Waals surface area contributed by atoms with Crippen molar-refractivity contribution in [3.63, 3.8) is 0 Å². The number of para-hydroxylation sites is 2. The highest BCUT2D eigenvalue weighted by Crippen LogP contribution is 2.39. The van der Waals surface area contributed by atoms with E-state index in [1.54, 1.807) is 11.3 Å². The number of hydrogen-bond acceptors (Lipinski definition) is 6. The van der Waals surface area contributed by atoms with Gasteiger partial charge in [-0.1, -0.05) is 12.1 Å². The van der Waals surface area contributed by atoms with Gasteiger partial charge in [-0.25, -0.2) is 4.99 Å². The monoisotopic (exact) mass is 370 g/mol. The standard InChI is InChI=1S/C20H26N4OS/c1-13(25)10-15-12-24(9-8-23(15)3)19-16-11-14(2)26-20(16)22-18-7-5-4-6-17(18)21-19/h4-7,11,13,15,22,25H,8-10,12H2,1-3H3/t13-,15-/m0/s1. The number of nitrogens with zero attached hydrogens (tertiary/aromatic N) is 3. The lowest BCUT2D eigenvalue weighted by Gasteiger charge is -2.41. The summed E-state index contributed by atoms with van der Waals surface area (Å²) in [6.07, 6.45) is 0.491. The molecule has 138 valence electrons. The molecule has 1 saturated heterocycles. The Morgan fingerprint density at radius 1 is 1.35 bits per heavy atom. The van der Waals surface area contributed by atoms with Crippen molar-refractivity contribution in [2.75, 3.05) is 32.0 Å². The quantitative estimate of drug-likeness (QED) is 0.848. The molecule has 0 bridgehead atoms. The van der Waals surface area contributed by atoms with Crippen molar-refractivity contribution in [1.82, 2.24) is 9.80 Å². The number of piperazine rings is 1. The smallest absolute Gasteiger partial charge is 0.139 e. The first-order valence-corrected chi connectivity index (χ1v) is 10.0. The summed E-state index contributed by atoms with van der Waals surface area (Å²) >= 11 is 1.78. The molecule has 2 atom stereocenters. The van der Waals surface area contributed by atoms with Crippen LogP contribution in [-0.2, 0) is 0 Å². The molecule has 2 aromatic rings. The lowest BCUT2D eigenvalue weighted by Crippen LogP contribution is -2.54. The minimum Gasteiger partial charge on any atom is -0.393 e. The number of anilines is 2. The zero-order valence-electron chi connectivity index (χ0n) is 15.6. The van der Waals surface area contributed by atoms with Crippen molar-refractivity contribution in [3.05, 3.63) is 40.8 Å². The minimum atomic E-state index is -0.292. The summed E-state index contributed by atoms with van der Waals surface area (Å²) < 4.78 is 0. The number of hydrogen-bond donors (Lipinski definition) is 2. The van der Waals surface area contributed by atoms with Crippen molar-refractivity contribution >= 4 is 33.5 Å². The van der Waals surface area contributed by atoms with Gasteiger partial charge in [-0.2, -0.15) is 0 Å². The Kier molecular flexibility index (Phi) is 4.73. The van der Waals surface area contributed by atoms with Gasteiger partial charge in [0.15, 0.2) is 0 Å². The Morgan fingerprint density at radius 3 is 2.96 bits per heavy atom. The number of thiophene rings is 1. The first-order chi connectivity index (χ1) is 12.5. The molecule has 1 aromatic heterocycles. The Morgan fingerprint density at radius 2 is 2.15 bits per heavy atom. The molecule has 0 spiro atoms. The van der Waals surface area contributed by atoms with Crippen LogP contribution in [0.2, 0.25) is 0 Å². The minimum absolute atomic E-state index is 0.292. The van der Waals surface area contributed by atoms with Gasteiger partial charge in [0.05, 0.1) is 23.0 Å². The number of likely N-dealkylation sites (N-methyl/N-ethyl adjacent to an activating group) is 1. The maximum Gasteiger partial charge on any atom is 0.139 e. The summed E-state index contributed by atoms with van der Waals surface area (Å²) in [5, 5.41) is 14.6. The van der Waals surface area contributed by atoms with Gasteiger partial charge >= 0.3 is 0 Å². The van der Waals surface area contributed by atoms with Crippen LogP contribution in [0.5, 0.6) is 0 Å². The van der Waals surface area contributed by atoms with E-state index >= 15 is 0 Å². The van der Waals surface area contributed by atoms with E-state index in [0.29, 0.717) is 6.04 Å². The van der Waals surface area contributed by atoms with E-state index in [9.17, 15) is 5.11 Å². The molecule has 2 N–H and O–H groups in total. The second-order valence-electron chi connectivity index (χ2n) is 7.34. The van der Waals surface area contributed by atoms with Crippen molar-refractivity contribution in [2.24, 2.45) is 4.99 Å². The lowest BCUT2D eigenvalue weighted by molar-refractivity contribution is 0.0850. The molecule has 0 saturated carbocycles. The van der Waals surface area contributed by atoms with Gasteiger partial charge < -0.3 is 15.3 Å². The zero-order chi connectivity index (χ0) is 18.3. The average molecular weight is 371 g/mol. The first kappa shape index (κ1) is 17.5. The Hall–Kier alpha value is -1.89. The van der Waals surface area contributed by atoms with Crippen LogP contribution < -0.4 is 5.32 Å². The molecular weight excluding hydrogens is 344 g/mol. The van der Waals surface area contributed by atoms with Crippen LogP contribution in [0, 0.1) is 6.92 Å². The lowest BCUT2D eigenvalue weighted by atomic mass is 10.0. The number of aliphatic hydroxyl groups is 1. The fourth-order valence-corrected chi connectivity index (χ4v) is 4.69. The third-order valence-corrected chi connectivity index (χ3v) is 6.13. The SMILES string of the molecule is Cc1cc2c(s1)Nc1ccccc1N=C2N1CCN(C)[C@@H](C[C@H](C)O)C1. The zero-order valence-corrected chi connectivity index (χ0v) is 16.4. The van der Waals surface area contributed by atoms with E-state index in [-0.39, 0.29) is 6.10 Å². The second-order valence-corrected chi connectivity index (χ2v) is 8.60. The molecule has 4 rings (SSSR count). The number of aliphatic imine (C=N–C) groups is 1. The van der Waals surface area contributed by atoms with Crippen LogP contribution in [-0.4, -0.2) is 59.6 Å². The summed E-state index contributed by atoms with van der Waals surface area (Å²) in [7, 11) is 2.15. The highest BCUT2D eigenvalue weighted by atomic mass is 32.1. The van der Waals surface area contributed by atoms with Crippen LogP contribution in [0.1, 0.15) is 23.8 Å². The summed E-state index contributed by atoms with van der Waals surface area (Å²) in [5.41, 5.74) is 3.22. The second kappa shape index (κ2) is 7.02. The molecule has 0 unspecified atom stereocenters. The van der Waals surface area contributed by atoms with Gasteiger partial charge in [-0.3, -0.25) is 4.90 Å². The van der Waals surface area contributed by atoms with Gasteiger partial charge in [0.25, 0.3) is 0 Å². The van der Waals surface area contributed by atoms with E-state index in [2.05, 4.69) is 47.3 Å². The highest BCUT2D eigenvalue weighted by molar-refractivity contribution is 7.16. The topological polar surface area (TPSA) is 51.1 Å². The number of amidine groups is 1. The fourth-order valence-electron chi connectivity index (χ4n) is 3.77. The fraction of sp³-hybridized carbons (Fsp3) is 0.450. The van der Waals surface area contributed by atoms with E-state index in [1.165, 1.54) is 10.4 Å². The average Bonchev–Trinajstić information content (AvgIpc) is 2.88. The van der Waals surface area contributed by atoms with Crippen molar-refractivity contribution < 1.29 is 5.11 Å². The molecule has 2 aliphatic rings. The van der Waals surface area contributed by atoms with Crippen LogP contribution in [0.4, 0.5) is 16.4 Å². The molecule has 3 heterocycles. The van der Waals surface area contributed by atoms with Gasteiger partial charge in [0.2, 0.25) is 0 Å². The predicted molar refractivity (Wildman–Crippen MR) is 109 cm³/mol. The van der Waals surface area contributed by atoms with E-state index in [4.69, 9.17) is 4.99 Å². The summed E-state index contributed by atoms with van der Waals surface area (Å²) in [4.78, 5) is 11.1. The van der Waals surface area contributed by atoms with E-state index < -0.39 is 0 Å². The maximum atomic E-state index is 9.87. The van der Waals surface area contributed by atoms with Crippen LogP contribution in [0.25, 0.3) is 0 Å². The maximum absolute atomic E-state index is 9.87. The van der Waals surface area contributed by atoms with Crippen LogP contribution >= 0.6 is 11.3 Å². The van der Waals surface area contributed by atoms with E-state index in [1.807, 2.05) is 19.1 Å². The van der Waals surface area contributed by atoms with Crippen molar-refractivity contribution in [2.45, 2.75) is 32.4 Å². The number of rotatable bonds is 2. The van der Waals surface area contributed by atoms with Crippen LogP contribution in [0.3, 0.4) is 0 Å². The Labute approximate surface area is 159 Å². The third kappa shape index (κ3) is 3.37. The molecule has 0 radical (unpaired) electrons. The Bertz CT molecular complexity index is 829. The molecule has 6 heteroatoms. The van der Waals surface area contributed by atoms with E-state index in [0.717, 1.165) is 48.3 Å². The number of nitrogens with one attached hydrogen (secondary N) is 1. The predicted octanol–water partition coefficient (Wildman–Crippen LogP) is 3.58. The normalized spacial score (nSPS) is 21.3. The highest BCUT2D eigenvalue weighted by Gasteiger charge is 2.30. The molecule has 5 nitrogen and oxygen atoms in total. The van der Waals surface area contributed by atoms with Gasteiger partial charge in [0, 0.05) is 30.6 Å². The van der Waals surface area contributed by atoms with Crippen molar-refractivity contribution in [1.29, 1.82) is 0 Å². The summed E-state index contributed by atoms with van der Waals surface area (Å²) in [6, 6.07) is 10.8. The molecule has 2 aliphatic heterocycles. The number of aliphatic hydroxyl groups excluding tert-OH is 1. The molecule has 1 aromatic carbocycles. The molecule has 0 amide bonds. The summed E-state index contributed by atoms with van der Waals surface area (Å²) in [5.74, 6) is 1.05. The molecule has 0 aliphatic carbocycles. The van der Waals surface area contributed by atoms with Gasteiger partial charge in [0.1, 0.15) is 10.8 Å². The molecule has 26 heavy (non-hydrogen) atoms. The molecule has 1 fully saturated rings. The third-order valence-electron chi connectivity index (χ3n) is 5.16. The van der Waals surface area contributed by atoms with Gasteiger partial charge in [-0.15, -0.1) is 11.3 Å². The Balaban J connectivity index is 1.72. The van der Waals surface area contributed by atoms with Crippen molar-refractivity contribution in [3.8, 4) is 0 Å². The number of aryl methyl sites for hydroxylation is 1.